The summed E-state index contributed by atoms with van der Waals surface area (Å²) in [6, 6.07) is 27.8. The molecule has 1 aliphatic heterocycles. The summed E-state index contributed by atoms with van der Waals surface area (Å²) in [7, 11) is 3.88. The van der Waals surface area contributed by atoms with Crippen molar-refractivity contribution in [3.8, 4) is 0 Å². The Morgan fingerprint density at radius 3 is 2.32 bits per heavy atom. The Kier molecular flexibility index (Phi) is 5.30. The lowest BCUT2D eigenvalue weighted by molar-refractivity contribution is -0.132. The minimum atomic E-state index is -0.798. The van der Waals surface area contributed by atoms with Gasteiger partial charge in [-0.25, -0.2) is 0 Å². The molecule has 0 bridgehead atoms. The van der Waals surface area contributed by atoms with E-state index in [2.05, 4.69) is 4.98 Å². The molecule has 182 valence electrons. The second kappa shape index (κ2) is 8.68. The molecule has 1 aromatic heterocycles. The van der Waals surface area contributed by atoms with Gasteiger partial charge in [0.05, 0.1) is 11.6 Å². The number of hydrogen-bond acceptors (Lipinski definition) is 4. The first-order valence-corrected chi connectivity index (χ1v) is 12.1. The van der Waals surface area contributed by atoms with E-state index in [1.807, 2.05) is 110 Å². The number of Topliss-reactive ketones (excluding diaryl/α,β-unsaturated/α-hetero) is 1. The van der Waals surface area contributed by atoms with E-state index in [4.69, 9.17) is 0 Å². The van der Waals surface area contributed by atoms with Crippen molar-refractivity contribution in [3.05, 3.63) is 114 Å². The highest BCUT2D eigenvalue weighted by Gasteiger charge is 2.47. The zero-order valence-corrected chi connectivity index (χ0v) is 20.5. The zero-order valence-electron chi connectivity index (χ0n) is 20.5. The highest BCUT2D eigenvalue weighted by atomic mass is 16.3. The van der Waals surface area contributed by atoms with Crippen LogP contribution >= 0.6 is 0 Å². The van der Waals surface area contributed by atoms with Gasteiger partial charge in [0.15, 0.2) is 0 Å². The van der Waals surface area contributed by atoms with E-state index in [0.717, 1.165) is 32.9 Å². The molecule has 6 rings (SSSR count). The number of rotatable bonds is 4. The Morgan fingerprint density at radius 2 is 1.57 bits per heavy atom. The summed E-state index contributed by atoms with van der Waals surface area (Å²) in [5.74, 6) is -1.57. The standard InChI is InChI=1S/C31H25N3O3/c1-33(2)22-13-15-23(16-14-22)34-28(25-18-32-26-10-6-5-9-24(25)26)27(30(36)31(34)37)29(35)21-12-11-19-7-3-4-8-20(19)17-21/h3-18,28,32,35H,1-2H3/b29-27+. The number of nitrogens with zero attached hydrogens (tertiary/aromatic N) is 2. The Balaban J connectivity index is 1.58. The van der Waals surface area contributed by atoms with Gasteiger partial charge in [0, 0.05) is 53.7 Å². The number of carbonyl (C=O) groups excluding carboxylic acids is 2. The summed E-state index contributed by atoms with van der Waals surface area (Å²) in [6.07, 6.45) is 1.82. The van der Waals surface area contributed by atoms with Crippen LogP contribution in [0.4, 0.5) is 11.4 Å². The second-order valence-corrected chi connectivity index (χ2v) is 9.43. The number of fused-ring (bicyclic) bond motifs is 2. The van der Waals surface area contributed by atoms with Crippen LogP contribution in [0.2, 0.25) is 0 Å². The molecule has 0 radical (unpaired) electrons. The number of aliphatic hydroxyl groups excluding tert-OH is 1. The van der Waals surface area contributed by atoms with Crippen molar-refractivity contribution in [2.45, 2.75) is 6.04 Å². The number of aromatic amines is 1. The average molecular weight is 488 g/mol. The largest absolute Gasteiger partial charge is 0.507 e. The number of benzene rings is 4. The number of carbonyl (C=O) groups is 2. The van der Waals surface area contributed by atoms with E-state index in [1.54, 1.807) is 6.07 Å². The summed E-state index contributed by atoms with van der Waals surface area (Å²) in [4.78, 5) is 33.8. The number of amides is 1. The summed E-state index contributed by atoms with van der Waals surface area (Å²) in [6.45, 7) is 0. The van der Waals surface area contributed by atoms with Gasteiger partial charge in [-0.15, -0.1) is 0 Å². The van der Waals surface area contributed by atoms with Gasteiger partial charge in [-0.1, -0.05) is 54.6 Å². The molecule has 0 spiro atoms. The molecule has 5 aromatic rings. The van der Waals surface area contributed by atoms with Crippen LogP contribution in [0.5, 0.6) is 0 Å². The minimum Gasteiger partial charge on any atom is -0.507 e. The molecular weight excluding hydrogens is 462 g/mol. The molecule has 0 aliphatic carbocycles. The molecule has 6 heteroatoms. The molecular formula is C31H25N3O3. The van der Waals surface area contributed by atoms with Crippen molar-refractivity contribution >= 4 is 50.5 Å². The SMILES string of the molecule is CN(C)c1ccc(N2C(=O)C(=O)/C(=C(/O)c3ccc4ccccc4c3)C2c2c[nH]c3ccccc23)cc1. The number of aliphatic hydroxyl groups is 1. The zero-order chi connectivity index (χ0) is 25.7. The van der Waals surface area contributed by atoms with Crippen LogP contribution in [0.25, 0.3) is 27.4 Å². The third-order valence-electron chi connectivity index (χ3n) is 7.03. The number of para-hydroxylation sites is 1. The fourth-order valence-corrected chi connectivity index (χ4v) is 5.12. The van der Waals surface area contributed by atoms with Crippen molar-refractivity contribution in [1.29, 1.82) is 0 Å². The van der Waals surface area contributed by atoms with Crippen LogP contribution in [0.3, 0.4) is 0 Å². The number of nitrogens with one attached hydrogen (secondary N) is 1. The number of hydrogen-bond donors (Lipinski definition) is 2. The van der Waals surface area contributed by atoms with Crippen molar-refractivity contribution in [3.63, 3.8) is 0 Å². The first-order valence-electron chi connectivity index (χ1n) is 12.1. The van der Waals surface area contributed by atoms with Crippen molar-refractivity contribution in [2.24, 2.45) is 0 Å². The Hall–Kier alpha value is -4.84. The maximum absolute atomic E-state index is 13.6. The molecule has 1 fully saturated rings. The fraction of sp³-hybridized carbons (Fsp3) is 0.0968. The first-order chi connectivity index (χ1) is 17.9. The minimum absolute atomic E-state index is 0.0710. The number of H-pyrrole nitrogens is 1. The Bertz CT molecular complexity index is 1710. The van der Waals surface area contributed by atoms with Gasteiger partial charge in [-0.3, -0.25) is 14.5 Å². The summed E-state index contributed by atoms with van der Waals surface area (Å²) < 4.78 is 0. The highest BCUT2D eigenvalue weighted by molar-refractivity contribution is 6.52. The molecule has 1 saturated heterocycles. The van der Waals surface area contributed by atoms with Crippen LogP contribution in [0, 0.1) is 0 Å². The number of anilines is 2. The maximum atomic E-state index is 13.6. The average Bonchev–Trinajstić information content (AvgIpc) is 3.46. The van der Waals surface area contributed by atoms with Crippen LogP contribution in [-0.4, -0.2) is 35.9 Å². The van der Waals surface area contributed by atoms with Crippen LogP contribution in [0.1, 0.15) is 17.2 Å². The van der Waals surface area contributed by atoms with Crippen molar-refractivity contribution in [1.82, 2.24) is 4.98 Å². The molecule has 4 aromatic carbocycles. The molecule has 6 nitrogen and oxygen atoms in total. The van der Waals surface area contributed by atoms with Crippen LogP contribution < -0.4 is 9.80 Å². The highest BCUT2D eigenvalue weighted by Crippen LogP contribution is 2.44. The van der Waals surface area contributed by atoms with Gasteiger partial charge < -0.3 is 15.0 Å². The summed E-state index contributed by atoms with van der Waals surface area (Å²) in [5.41, 5.74) is 3.75. The first kappa shape index (κ1) is 22.6. The smallest absolute Gasteiger partial charge is 0.300 e. The van der Waals surface area contributed by atoms with E-state index in [9.17, 15) is 14.7 Å². The van der Waals surface area contributed by atoms with Gasteiger partial charge in [0.1, 0.15) is 5.76 Å². The maximum Gasteiger partial charge on any atom is 0.300 e. The molecule has 1 atom stereocenters. The summed E-state index contributed by atoms with van der Waals surface area (Å²) >= 11 is 0. The lowest BCUT2D eigenvalue weighted by atomic mass is 9.94. The van der Waals surface area contributed by atoms with E-state index in [0.29, 0.717) is 11.3 Å². The van der Waals surface area contributed by atoms with E-state index < -0.39 is 17.7 Å². The van der Waals surface area contributed by atoms with Gasteiger partial charge in [0.2, 0.25) is 0 Å². The molecule has 2 heterocycles. The van der Waals surface area contributed by atoms with Gasteiger partial charge in [-0.2, -0.15) is 0 Å². The van der Waals surface area contributed by atoms with Crippen molar-refractivity contribution in [2.75, 3.05) is 23.9 Å². The number of aromatic nitrogens is 1. The second-order valence-electron chi connectivity index (χ2n) is 9.43. The van der Waals surface area contributed by atoms with E-state index in [-0.39, 0.29) is 11.3 Å². The predicted molar refractivity (Wildman–Crippen MR) is 148 cm³/mol. The molecule has 1 aliphatic rings. The molecule has 0 saturated carbocycles. The third-order valence-corrected chi connectivity index (χ3v) is 7.03. The van der Waals surface area contributed by atoms with Gasteiger partial charge in [0.25, 0.3) is 11.7 Å². The van der Waals surface area contributed by atoms with Gasteiger partial charge >= 0.3 is 0 Å². The van der Waals surface area contributed by atoms with Crippen LogP contribution in [-0.2, 0) is 9.59 Å². The van der Waals surface area contributed by atoms with E-state index >= 15 is 0 Å². The quantitative estimate of drug-likeness (QED) is 0.185. The fourth-order valence-electron chi connectivity index (χ4n) is 5.12. The lowest BCUT2D eigenvalue weighted by Crippen LogP contribution is -2.29. The summed E-state index contributed by atoms with van der Waals surface area (Å²) in [5, 5.41) is 14.4. The van der Waals surface area contributed by atoms with Crippen LogP contribution in [0.15, 0.2) is 103 Å². The lowest BCUT2D eigenvalue weighted by Gasteiger charge is -2.25. The van der Waals surface area contributed by atoms with Gasteiger partial charge in [-0.05, 0) is 47.2 Å². The molecule has 1 amide bonds. The predicted octanol–water partition coefficient (Wildman–Crippen LogP) is 6.01. The molecule has 37 heavy (non-hydrogen) atoms. The third kappa shape index (κ3) is 3.65. The van der Waals surface area contributed by atoms with E-state index in [1.165, 1.54) is 4.90 Å². The normalized spacial score (nSPS) is 17.1. The molecule has 2 N–H and O–H groups in total. The number of ketones is 1. The monoisotopic (exact) mass is 487 g/mol. The van der Waals surface area contributed by atoms with Crippen molar-refractivity contribution < 1.29 is 14.7 Å². The molecule has 1 unspecified atom stereocenters. The Labute approximate surface area is 214 Å². The topological polar surface area (TPSA) is 76.6 Å². The Morgan fingerprint density at radius 1 is 0.865 bits per heavy atom.